The van der Waals surface area contributed by atoms with Crippen LogP contribution in [0.1, 0.15) is 16.8 Å². The second-order valence-electron chi connectivity index (χ2n) is 7.44. The molecule has 164 valence electrons. The Kier molecular flexibility index (Phi) is 6.50. The summed E-state index contributed by atoms with van der Waals surface area (Å²) in [6.45, 7) is 2.40. The Bertz CT molecular complexity index is 1450. The van der Waals surface area contributed by atoms with E-state index >= 15 is 0 Å². The second-order valence-corrected chi connectivity index (χ2v) is 8.29. The quantitative estimate of drug-likeness (QED) is 0.248. The van der Waals surface area contributed by atoms with Crippen molar-refractivity contribution in [2.45, 2.75) is 13.5 Å². The van der Waals surface area contributed by atoms with Gasteiger partial charge in [0.2, 0.25) is 0 Å². The van der Waals surface area contributed by atoms with Crippen molar-refractivity contribution in [1.82, 2.24) is 4.57 Å². The number of para-hydroxylation sites is 2. The van der Waals surface area contributed by atoms with Crippen molar-refractivity contribution in [3.8, 4) is 6.07 Å². The lowest BCUT2D eigenvalue weighted by Gasteiger charge is -2.11. The first kappa shape index (κ1) is 22.6. The normalized spacial score (nSPS) is 11.4. The lowest BCUT2D eigenvalue weighted by atomic mass is 10.1. The van der Waals surface area contributed by atoms with E-state index in [1.165, 1.54) is 24.3 Å². The number of aromatic nitrogens is 1. The molecule has 3 aromatic carbocycles. The number of rotatable bonds is 5. The van der Waals surface area contributed by atoms with E-state index in [4.69, 9.17) is 23.2 Å². The van der Waals surface area contributed by atoms with E-state index in [9.17, 15) is 14.4 Å². The highest BCUT2D eigenvalue weighted by Gasteiger charge is 2.17. The fourth-order valence-electron chi connectivity index (χ4n) is 3.71. The number of fused-ring (bicyclic) bond motifs is 1. The van der Waals surface area contributed by atoms with Crippen molar-refractivity contribution in [3.05, 3.63) is 105 Å². The number of nitrogens with zero attached hydrogens (tertiary/aromatic N) is 2. The summed E-state index contributed by atoms with van der Waals surface area (Å²) < 4.78 is 16.0. The van der Waals surface area contributed by atoms with Crippen LogP contribution in [0.3, 0.4) is 0 Å². The molecule has 1 amide bonds. The summed E-state index contributed by atoms with van der Waals surface area (Å²) in [5.41, 5.74) is 3.29. The number of anilines is 1. The first-order valence-electron chi connectivity index (χ1n) is 10.1. The fraction of sp³-hybridized carbons (Fsp3) is 0.0769. The Balaban J connectivity index is 1.76. The molecule has 0 atom stereocenters. The topological polar surface area (TPSA) is 57.8 Å². The van der Waals surface area contributed by atoms with Crippen LogP contribution >= 0.6 is 23.2 Å². The number of nitrogens with one attached hydrogen (secondary N) is 1. The molecular formula is C26H18Cl2FN3O. The van der Waals surface area contributed by atoms with Gasteiger partial charge < -0.3 is 9.88 Å². The van der Waals surface area contributed by atoms with Crippen LogP contribution in [0.2, 0.25) is 10.0 Å². The molecule has 4 rings (SSSR count). The minimum Gasteiger partial charge on any atom is -0.340 e. The molecule has 0 unspecified atom stereocenters. The molecule has 33 heavy (non-hydrogen) atoms. The molecular weight excluding hydrogens is 460 g/mol. The van der Waals surface area contributed by atoms with Crippen LogP contribution in [0.25, 0.3) is 17.0 Å². The average molecular weight is 478 g/mol. The van der Waals surface area contributed by atoms with Gasteiger partial charge in [-0.1, -0.05) is 59.6 Å². The predicted octanol–water partition coefficient (Wildman–Crippen LogP) is 6.99. The number of hydrogen-bond acceptors (Lipinski definition) is 2. The van der Waals surface area contributed by atoms with Gasteiger partial charge in [-0.15, -0.1) is 0 Å². The van der Waals surface area contributed by atoms with Crippen LogP contribution in [0.15, 0.2) is 72.3 Å². The Morgan fingerprint density at radius 1 is 1.12 bits per heavy atom. The first-order valence-corrected chi connectivity index (χ1v) is 10.8. The minimum absolute atomic E-state index is 0.0141. The van der Waals surface area contributed by atoms with Gasteiger partial charge in [0.05, 0.1) is 5.69 Å². The van der Waals surface area contributed by atoms with Crippen molar-refractivity contribution in [2.24, 2.45) is 0 Å². The van der Waals surface area contributed by atoms with E-state index in [2.05, 4.69) is 9.88 Å². The summed E-state index contributed by atoms with van der Waals surface area (Å²) in [5.74, 6) is -1.25. The first-order chi connectivity index (χ1) is 15.9. The molecule has 0 saturated carbocycles. The Morgan fingerprint density at radius 3 is 2.58 bits per heavy atom. The van der Waals surface area contributed by atoms with Crippen molar-refractivity contribution >= 4 is 51.8 Å². The van der Waals surface area contributed by atoms with E-state index in [1.54, 1.807) is 18.2 Å². The monoisotopic (exact) mass is 477 g/mol. The standard InChI is InChI=1S/C26H18Cl2FN3O/c1-16-21(12-18(14-30)26(33)31-24-8-4-3-7-23(24)29)20-6-2-5-9-25(20)32(16)15-17-10-11-19(27)13-22(17)28/h2-13H,15H2,1H3,(H,31,33)/b18-12+. The zero-order chi connectivity index (χ0) is 23.5. The number of hydrogen-bond donors (Lipinski definition) is 1. The molecule has 4 nitrogen and oxygen atoms in total. The third-order valence-corrected chi connectivity index (χ3v) is 5.99. The van der Waals surface area contributed by atoms with Gasteiger partial charge in [-0.3, -0.25) is 4.79 Å². The lowest BCUT2D eigenvalue weighted by molar-refractivity contribution is -0.112. The van der Waals surface area contributed by atoms with Crippen LogP contribution in [0, 0.1) is 24.1 Å². The molecule has 4 aromatic rings. The summed E-state index contributed by atoms with van der Waals surface area (Å²) in [5, 5.41) is 14.1. The molecule has 1 N–H and O–H groups in total. The van der Waals surface area contributed by atoms with Crippen LogP contribution < -0.4 is 5.32 Å². The molecule has 7 heteroatoms. The molecule has 0 fully saturated rings. The van der Waals surface area contributed by atoms with E-state index in [0.717, 1.165) is 27.7 Å². The Morgan fingerprint density at radius 2 is 1.85 bits per heavy atom. The maximum Gasteiger partial charge on any atom is 0.266 e. The van der Waals surface area contributed by atoms with Crippen molar-refractivity contribution < 1.29 is 9.18 Å². The molecule has 1 heterocycles. The molecule has 1 aromatic heterocycles. The van der Waals surface area contributed by atoms with Crippen LogP contribution in [-0.2, 0) is 11.3 Å². The van der Waals surface area contributed by atoms with E-state index in [-0.39, 0.29) is 11.3 Å². The maximum absolute atomic E-state index is 13.9. The Labute approximate surface area is 200 Å². The molecule has 0 aliphatic rings. The van der Waals surface area contributed by atoms with Crippen molar-refractivity contribution in [1.29, 1.82) is 5.26 Å². The third-order valence-electron chi connectivity index (χ3n) is 5.40. The number of nitriles is 1. The molecule has 0 aliphatic carbocycles. The number of benzene rings is 3. The number of carbonyl (C=O) groups excluding carboxylic acids is 1. The van der Waals surface area contributed by atoms with Crippen molar-refractivity contribution in [3.63, 3.8) is 0 Å². The highest BCUT2D eigenvalue weighted by atomic mass is 35.5. The van der Waals surface area contributed by atoms with Gasteiger partial charge in [0.15, 0.2) is 0 Å². The van der Waals surface area contributed by atoms with Gasteiger partial charge in [0, 0.05) is 38.8 Å². The van der Waals surface area contributed by atoms with Crippen LogP contribution in [0.4, 0.5) is 10.1 Å². The van der Waals surface area contributed by atoms with Gasteiger partial charge in [-0.2, -0.15) is 5.26 Å². The highest BCUT2D eigenvalue weighted by Crippen LogP contribution is 2.31. The summed E-state index contributed by atoms with van der Waals surface area (Å²) in [7, 11) is 0. The molecule has 0 saturated heterocycles. The predicted molar refractivity (Wildman–Crippen MR) is 131 cm³/mol. The largest absolute Gasteiger partial charge is 0.340 e. The van der Waals surface area contributed by atoms with Gasteiger partial charge in [0.25, 0.3) is 5.91 Å². The zero-order valence-electron chi connectivity index (χ0n) is 17.6. The summed E-state index contributed by atoms with van der Waals surface area (Å²) in [4.78, 5) is 12.7. The lowest BCUT2D eigenvalue weighted by Crippen LogP contribution is -2.14. The van der Waals surface area contributed by atoms with Gasteiger partial charge in [-0.25, -0.2) is 4.39 Å². The number of halogens is 3. The summed E-state index contributed by atoms with van der Waals surface area (Å²) in [6, 6.07) is 20.8. The van der Waals surface area contributed by atoms with Gasteiger partial charge in [0.1, 0.15) is 17.5 Å². The second kappa shape index (κ2) is 9.50. The van der Waals surface area contributed by atoms with Crippen LogP contribution in [-0.4, -0.2) is 10.5 Å². The Hall–Kier alpha value is -3.59. The van der Waals surface area contributed by atoms with Gasteiger partial charge >= 0.3 is 0 Å². The molecule has 0 bridgehead atoms. The average Bonchev–Trinajstić information content (AvgIpc) is 3.06. The molecule has 0 aliphatic heterocycles. The SMILES string of the molecule is Cc1c(/C=C(\C#N)C(=O)Nc2ccccc2F)c2ccccc2n1Cc1ccc(Cl)cc1Cl. The third kappa shape index (κ3) is 4.63. The minimum atomic E-state index is -0.681. The van der Waals surface area contributed by atoms with Crippen molar-refractivity contribution in [2.75, 3.05) is 5.32 Å². The number of amides is 1. The zero-order valence-corrected chi connectivity index (χ0v) is 19.1. The summed E-state index contributed by atoms with van der Waals surface area (Å²) >= 11 is 12.4. The number of carbonyl (C=O) groups is 1. The van der Waals surface area contributed by atoms with E-state index < -0.39 is 11.7 Å². The summed E-state index contributed by atoms with van der Waals surface area (Å²) in [6.07, 6.45) is 1.54. The van der Waals surface area contributed by atoms with Crippen LogP contribution in [0.5, 0.6) is 0 Å². The maximum atomic E-state index is 13.9. The van der Waals surface area contributed by atoms with Gasteiger partial charge in [-0.05, 0) is 48.9 Å². The molecule has 0 spiro atoms. The molecule has 0 radical (unpaired) electrons. The smallest absolute Gasteiger partial charge is 0.266 e. The fourth-order valence-corrected chi connectivity index (χ4v) is 4.18. The highest BCUT2D eigenvalue weighted by molar-refractivity contribution is 6.35. The van der Waals surface area contributed by atoms with E-state index in [1.807, 2.05) is 43.3 Å². The van der Waals surface area contributed by atoms with E-state index in [0.29, 0.717) is 16.6 Å².